The van der Waals surface area contributed by atoms with Gasteiger partial charge in [-0.1, -0.05) is 38.5 Å². The summed E-state index contributed by atoms with van der Waals surface area (Å²) in [6.45, 7) is 5.62. The summed E-state index contributed by atoms with van der Waals surface area (Å²) < 4.78 is 5.60. The Kier molecular flexibility index (Phi) is 6.07. The molecule has 3 nitrogen and oxygen atoms in total. The quantitative estimate of drug-likeness (QED) is 0.867. The topological polar surface area (TPSA) is 38.5 Å². The van der Waals surface area contributed by atoms with Crippen molar-refractivity contribution in [1.82, 2.24) is 4.90 Å². The molecule has 2 rings (SSSR count). The zero-order valence-corrected chi connectivity index (χ0v) is 13.7. The Morgan fingerprint density at radius 2 is 2.05 bits per heavy atom. The van der Waals surface area contributed by atoms with Crippen molar-refractivity contribution in [3.63, 3.8) is 0 Å². The molecule has 0 radical (unpaired) electrons. The average Bonchev–Trinajstić information content (AvgIpc) is 2.55. The van der Waals surface area contributed by atoms with Crippen LogP contribution in [0.15, 0.2) is 24.3 Å². The van der Waals surface area contributed by atoms with Crippen LogP contribution in [0.3, 0.4) is 0 Å². The predicted octanol–water partition coefficient (Wildman–Crippen LogP) is 3.74. The molecule has 1 aromatic rings. The number of rotatable bonds is 6. The Morgan fingerprint density at radius 3 is 2.71 bits per heavy atom. The third kappa shape index (κ3) is 3.58. The van der Waals surface area contributed by atoms with E-state index in [1.54, 1.807) is 7.11 Å². The van der Waals surface area contributed by atoms with Crippen LogP contribution >= 0.6 is 0 Å². The van der Waals surface area contributed by atoms with Gasteiger partial charge in [-0.15, -0.1) is 0 Å². The molecular formula is C18H30N2O. The molecule has 0 bridgehead atoms. The van der Waals surface area contributed by atoms with E-state index < -0.39 is 0 Å². The summed E-state index contributed by atoms with van der Waals surface area (Å²) in [5.41, 5.74) is 7.77. The lowest BCUT2D eigenvalue weighted by Gasteiger charge is -2.43. The van der Waals surface area contributed by atoms with Crippen molar-refractivity contribution in [1.29, 1.82) is 0 Å². The first-order valence-corrected chi connectivity index (χ1v) is 8.37. The molecule has 0 aromatic heterocycles. The maximum atomic E-state index is 6.52. The molecule has 1 aliphatic heterocycles. The highest BCUT2D eigenvalue weighted by molar-refractivity contribution is 5.37. The highest BCUT2D eigenvalue weighted by Crippen LogP contribution is 2.36. The first-order valence-electron chi connectivity index (χ1n) is 8.37. The van der Waals surface area contributed by atoms with Crippen LogP contribution in [-0.2, 0) is 0 Å². The predicted molar refractivity (Wildman–Crippen MR) is 88.6 cm³/mol. The summed E-state index contributed by atoms with van der Waals surface area (Å²) in [6, 6.07) is 9.41. The number of para-hydroxylation sites is 1. The van der Waals surface area contributed by atoms with Crippen molar-refractivity contribution >= 4 is 0 Å². The van der Waals surface area contributed by atoms with Crippen molar-refractivity contribution in [2.75, 3.05) is 13.7 Å². The number of likely N-dealkylation sites (tertiary alicyclic amines) is 1. The number of nitrogens with zero attached hydrogens (tertiary/aromatic N) is 1. The van der Waals surface area contributed by atoms with Gasteiger partial charge in [0.2, 0.25) is 0 Å². The number of piperidine rings is 1. The van der Waals surface area contributed by atoms with Gasteiger partial charge in [0, 0.05) is 17.6 Å². The zero-order chi connectivity index (χ0) is 15.2. The summed E-state index contributed by atoms with van der Waals surface area (Å²) in [4.78, 5) is 2.63. The van der Waals surface area contributed by atoms with Gasteiger partial charge in [0.25, 0.3) is 0 Å². The highest BCUT2D eigenvalue weighted by atomic mass is 16.5. The minimum absolute atomic E-state index is 0.147. The third-order valence-electron chi connectivity index (χ3n) is 4.84. The van der Waals surface area contributed by atoms with E-state index in [4.69, 9.17) is 10.5 Å². The summed E-state index contributed by atoms with van der Waals surface area (Å²) >= 11 is 0. The fourth-order valence-electron chi connectivity index (χ4n) is 3.62. The highest BCUT2D eigenvalue weighted by Gasteiger charge is 2.33. The normalized spacial score (nSPS) is 22.8. The minimum atomic E-state index is 0.147. The second-order valence-corrected chi connectivity index (χ2v) is 6.05. The molecule has 3 heteroatoms. The maximum Gasteiger partial charge on any atom is 0.123 e. The lowest BCUT2D eigenvalue weighted by molar-refractivity contribution is 0.0743. The van der Waals surface area contributed by atoms with Gasteiger partial charge in [-0.3, -0.25) is 4.90 Å². The smallest absolute Gasteiger partial charge is 0.123 e. The molecule has 3 atom stereocenters. The van der Waals surface area contributed by atoms with E-state index in [-0.39, 0.29) is 12.1 Å². The van der Waals surface area contributed by atoms with Crippen LogP contribution in [-0.4, -0.2) is 30.6 Å². The van der Waals surface area contributed by atoms with Crippen LogP contribution in [0.1, 0.15) is 57.6 Å². The fraction of sp³-hybridized carbons (Fsp3) is 0.667. The van der Waals surface area contributed by atoms with E-state index >= 15 is 0 Å². The molecule has 1 aromatic carbocycles. The number of hydrogen-bond donors (Lipinski definition) is 1. The Morgan fingerprint density at radius 1 is 1.29 bits per heavy atom. The summed E-state index contributed by atoms with van der Waals surface area (Å²) in [7, 11) is 1.75. The number of hydrogen-bond acceptors (Lipinski definition) is 3. The van der Waals surface area contributed by atoms with Crippen LogP contribution < -0.4 is 10.5 Å². The second kappa shape index (κ2) is 7.81. The van der Waals surface area contributed by atoms with Crippen LogP contribution in [0.4, 0.5) is 0 Å². The number of methoxy groups -OCH3 is 1. The van der Waals surface area contributed by atoms with Crippen molar-refractivity contribution in [3.05, 3.63) is 29.8 Å². The van der Waals surface area contributed by atoms with E-state index in [2.05, 4.69) is 36.9 Å². The average molecular weight is 290 g/mol. The Balaban J connectivity index is 2.37. The summed E-state index contributed by atoms with van der Waals surface area (Å²) in [5.74, 6) is 0.965. The van der Waals surface area contributed by atoms with Crippen LogP contribution in [0.25, 0.3) is 0 Å². The van der Waals surface area contributed by atoms with Crippen LogP contribution in [0, 0.1) is 0 Å². The molecule has 2 N–H and O–H groups in total. The molecule has 3 unspecified atom stereocenters. The van der Waals surface area contributed by atoms with E-state index in [9.17, 15) is 0 Å². The number of ether oxygens (including phenoxy) is 1. The van der Waals surface area contributed by atoms with Gasteiger partial charge >= 0.3 is 0 Å². The molecule has 0 amide bonds. The van der Waals surface area contributed by atoms with Crippen molar-refractivity contribution in [2.45, 2.75) is 64.1 Å². The van der Waals surface area contributed by atoms with Crippen LogP contribution in [0.5, 0.6) is 5.75 Å². The van der Waals surface area contributed by atoms with Gasteiger partial charge in [0.15, 0.2) is 0 Å². The number of nitrogens with two attached hydrogens (primary N) is 1. The second-order valence-electron chi connectivity index (χ2n) is 6.05. The molecule has 1 heterocycles. The van der Waals surface area contributed by atoms with Gasteiger partial charge in [-0.25, -0.2) is 0 Å². The van der Waals surface area contributed by atoms with Crippen molar-refractivity contribution < 1.29 is 4.74 Å². The molecule has 21 heavy (non-hydrogen) atoms. The monoisotopic (exact) mass is 290 g/mol. The molecular weight excluding hydrogens is 260 g/mol. The molecule has 0 aliphatic carbocycles. The molecule has 1 aliphatic rings. The Bertz CT molecular complexity index is 435. The van der Waals surface area contributed by atoms with Crippen molar-refractivity contribution in [3.8, 4) is 5.75 Å². The van der Waals surface area contributed by atoms with E-state index in [0.29, 0.717) is 6.04 Å². The SMILES string of the molecule is CCC(N)C(c1ccccc1OC)N1CCCCC1CC. The lowest BCUT2D eigenvalue weighted by Crippen LogP contribution is -2.48. The fourth-order valence-corrected chi connectivity index (χ4v) is 3.62. The first-order chi connectivity index (χ1) is 10.2. The largest absolute Gasteiger partial charge is 0.496 e. The van der Waals surface area contributed by atoms with Gasteiger partial charge in [0.05, 0.1) is 13.2 Å². The molecule has 118 valence electrons. The summed E-state index contributed by atoms with van der Waals surface area (Å²) in [5, 5.41) is 0. The van der Waals surface area contributed by atoms with Gasteiger partial charge in [0.1, 0.15) is 5.75 Å². The minimum Gasteiger partial charge on any atom is -0.496 e. The lowest BCUT2D eigenvalue weighted by atomic mass is 9.90. The molecule has 0 spiro atoms. The molecule has 1 fully saturated rings. The number of benzene rings is 1. The third-order valence-corrected chi connectivity index (χ3v) is 4.84. The van der Waals surface area contributed by atoms with E-state index in [1.807, 2.05) is 6.07 Å². The standard InChI is InChI=1S/C18H30N2O/c1-4-14-10-8-9-13-20(14)18(16(19)5-2)15-11-6-7-12-17(15)21-3/h6-7,11-12,14,16,18H,4-5,8-10,13,19H2,1-3H3. The van der Waals surface area contributed by atoms with Crippen molar-refractivity contribution in [2.24, 2.45) is 5.73 Å². The van der Waals surface area contributed by atoms with E-state index in [0.717, 1.165) is 18.7 Å². The molecule has 0 saturated carbocycles. The maximum absolute atomic E-state index is 6.52. The van der Waals surface area contributed by atoms with Gasteiger partial charge in [-0.05, 0) is 38.3 Å². The van der Waals surface area contributed by atoms with Gasteiger partial charge < -0.3 is 10.5 Å². The zero-order valence-electron chi connectivity index (χ0n) is 13.7. The Labute approximate surface area is 129 Å². The molecule has 1 saturated heterocycles. The van der Waals surface area contributed by atoms with Gasteiger partial charge in [-0.2, -0.15) is 0 Å². The van der Waals surface area contributed by atoms with E-state index in [1.165, 1.54) is 31.2 Å². The summed E-state index contributed by atoms with van der Waals surface area (Å²) in [6.07, 6.45) is 6.09. The first kappa shape index (κ1) is 16.3. The Hall–Kier alpha value is -1.06. The van der Waals surface area contributed by atoms with Crippen LogP contribution in [0.2, 0.25) is 0 Å².